The number of methoxy groups -OCH3 is 1. The van der Waals surface area contributed by atoms with Crippen LogP contribution in [0.1, 0.15) is 0 Å². The molecule has 0 bridgehead atoms. The van der Waals surface area contributed by atoms with Crippen LogP contribution in [0.25, 0.3) is 0 Å². The maximum atomic E-state index is 5.71. The molecule has 1 aliphatic heterocycles. The van der Waals surface area contributed by atoms with Crippen LogP contribution in [-0.2, 0) is 9.47 Å². The van der Waals surface area contributed by atoms with E-state index in [-0.39, 0.29) is 0 Å². The second kappa shape index (κ2) is 8.79. The van der Waals surface area contributed by atoms with Crippen molar-refractivity contribution >= 4 is 5.69 Å². The lowest BCUT2D eigenvalue weighted by molar-refractivity contribution is 0.0544. The molecule has 5 heteroatoms. The highest BCUT2D eigenvalue weighted by Crippen LogP contribution is 2.21. The van der Waals surface area contributed by atoms with E-state index in [9.17, 15) is 0 Å². The molecule has 1 N–H and O–H groups in total. The van der Waals surface area contributed by atoms with Gasteiger partial charge in [0.15, 0.2) is 0 Å². The van der Waals surface area contributed by atoms with E-state index in [0.717, 1.165) is 31.9 Å². The van der Waals surface area contributed by atoms with Gasteiger partial charge in [0.05, 0.1) is 19.8 Å². The van der Waals surface area contributed by atoms with Crippen molar-refractivity contribution in [3.8, 4) is 5.75 Å². The predicted molar refractivity (Wildman–Crippen MR) is 79.7 cm³/mol. The predicted octanol–water partition coefficient (Wildman–Crippen LogP) is 1.14. The molecule has 1 fully saturated rings. The minimum absolute atomic E-state index is 0.564. The Morgan fingerprint density at radius 3 is 2.70 bits per heavy atom. The summed E-state index contributed by atoms with van der Waals surface area (Å²) in [7, 11) is 1.67. The molecule has 2 rings (SSSR count). The van der Waals surface area contributed by atoms with Gasteiger partial charge in [0.1, 0.15) is 12.4 Å². The fraction of sp³-hybridized carbons (Fsp3) is 0.600. The molecule has 1 aliphatic rings. The van der Waals surface area contributed by atoms with E-state index in [2.05, 4.69) is 22.3 Å². The number of hydrogen-bond donors (Lipinski definition) is 1. The van der Waals surface area contributed by atoms with Crippen molar-refractivity contribution in [2.45, 2.75) is 0 Å². The van der Waals surface area contributed by atoms with Gasteiger partial charge in [-0.15, -0.1) is 0 Å². The zero-order valence-electron chi connectivity index (χ0n) is 12.1. The number of piperazine rings is 1. The average molecular weight is 280 g/mol. The van der Waals surface area contributed by atoms with Crippen molar-refractivity contribution in [1.82, 2.24) is 5.32 Å². The second-order valence-electron chi connectivity index (χ2n) is 4.69. The first-order valence-electron chi connectivity index (χ1n) is 7.15. The normalized spacial score (nSPS) is 15.3. The zero-order valence-corrected chi connectivity index (χ0v) is 12.1. The molecule has 0 saturated carbocycles. The number of nitrogens with zero attached hydrogens (tertiary/aromatic N) is 1. The smallest absolute Gasteiger partial charge is 0.121 e. The summed E-state index contributed by atoms with van der Waals surface area (Å²) in [5.41, 5.74) is 1.23. The second-order valence-corrected chi connectivity index (χ2v) is 4.69. The molecule has 0 unspecified atom stereocenters. The van der Waals surface area contributed by atoms with Crippen LogP contribution < -0.4 is 15.0 Å². The quantitative estimate of drug-likeness (QED) is 0.723. The van der Waals surface area contributed by atoms with Gasteiger partial charge in [-0.25, -0.2) is 0 Å². The highest BCUT2D eigenvalue weighted by molar-refractivity contribution is 5.51. The average Bonchev–Trinajstić information content (AvgIpc) is 2.52. The summed E-state index contributed by atoms with van der Waals surface area (Å²) in [6.07, 6.45) is 0. The lowest BCUT2D eigenvalue weighted by Crippen LogP contribution is -2.43. The van der Waals surface area contributed by atoms with Gasteiger partial charge in [0, 0.05) is 45.0 Å². The third-order valence-corrected chi connectivity index (χ3v) is 3.23. The first kappa shape index (κ1) is 15.1. The van der Waals surface area contributed by atoms with Gasteiger partial charge in [0.2, 0.25) is 0 Å². The number of hydrogen-bond acceptors (Lipinski definition) is 5. The maximum Gasteiger partial charge on any atom is 0.121 e. The maximum absolute atomic E-state index is 5.71. The fourth-order valence-electron chi connectivity index (χ4n) is 2.16. The minimum atomic E-state index is 0.564. The van der Waals surface area contributed by atoms with Crippen molar-refractivity contribution < 1.29 is 14.2 Å². The summed E-state index contributed by atoms with van der Waals surface area (Å²) in [6.45, 7) is 6.55. The van der Waals surface area contributed by atoms with Gasteiger partial charge in [0.25, 0.3) is 0 Å². The molecule has 0 spiro atoms. The Morgan fingerprint density at radius 2 is 1.90 bits per heavy atom. The summed E-state index contributed by atoms with van der Waals surface area (Å²) in [5.74, 6) is 0.899. The molecular weight excluding hydrogens is 256 g/mol. The molecule has 1 aromatic rings. The molecule has 0 aromatic heterocycles. The Balaban J connectivity index is 1.74. The molecule has 1 aromatic carbocycles. The number of anilines is 1. The van der Waals surface area contributed by atoms with Crippen LogP contribution in [0.3, 0.4) is 0 Å². The summed E-state index contributed by atoms with van der Waals surface area (Å²) < 4.78 is 16.0. The van der Waals surface area contributed by atoms with E-state index in [1.54, 1.807) is 7.11 Å². The first-order chi connectivity index (χ1) is 9.90. The van der Waals surface area contributed by atoms with Crippen LogP contribution >= 0.6 is 0 Å². The van der Waals surface area contributed by atoms with Crippen LogP contribution in [0, 0.1) is 0 Å². The lowest BCUT2D eigenvalue weighted by atomic mass is 10.2. The molecule has 1 heterocycles. The number of nitrogens with one attached hydrogen (secondary N) is 1. The van der Waals surface area contributed by atoms with Gasteiger partial charge in [-0.2, -0.15) is 0 Å². The Hall–Kier alpha value is -1.30. The Morgan fingerprint density at radius 1 is 1.10 bits per heavy atom. The van der Waals surface area contributed by atoms with E-state index >= 15 is 0 Å². The summed E-state index contributed by atoms with van der Waals surface area (Å²) in [5, 5.41) is 3.36. The number of benzene rings is 1. The van der Waals surface area contributed by atoms with Crippen LogP contribution in [0.4, 0.5) is 5.69 Å². The van der Waals surface area contributed by atoms with Crippen molar-refractivity contribution in [2.24, 2.45) is 0 Å². The lowest BCUT2D eigenvalue weighted by Gasteiger charge is -2.29. The molecule has 20 heavy (non-hydrogen) atoms. The van der Waals surface area contributed by atoms with E-state index in [0.29, 0.717) is 26.4 Å². The van der Waals surface area contributed by atoms with Crippen LogP contribution in [0.15, 0.2) is 24.3 Å². The van der Waals surface area contributed by atoms with Crippen molar-refractivity contribution in [3.63, 3.8) is 0 Å². The molecule has 1 saturated heterocycles. The highest BCUT2D eigenvalue weighted by Gasteiger charge is 2.10. The molecule has 0 radical (unpaired) electrons. The van der Waals surface area contributed by atoms with Gasteiger partial charge in [-0.1, -0.05) is 6.07 Å². The summed E-state index contributed by atoms with van der Waals surface area (Å²) in [6, 6.07) is 8.26. The molecule has 112 valence electrons. The monoisotopic (exact) mass is 280 g/mol. The molecule has 0 amide bonds. The SMILES string of the molecule is COCCOCCOc1cccc(N2CCNCC2)c1. The van der Waals surface area contributed by atoms with Crippen LogP contribution in [-0.4, -0.2) is 59.7 Å². The van der Waals surface area contributed by atoms with Gasteiger partial charge in [-0.3, -0.25) is 0 Å². The van der Waals surface area contributed by atoms with Crippen molar-refractivity contribution in [1.29, 1.82) is 0 Å². The summed E-state index contributed by atoms with van der Waals surface area (Å²) >= 11 is 0. The van der Waals surface area contributed by atoms with E-state index in [1.807, 2.05) is 12.1 Å². The van der Waals surface area contributed by atoms with E-state index in [1.165, 1.54) is 5.69 Å². The van der Waals surface area contributed by atoms with Crippen LogP contribution in [0.2, 0.25) is 0 Å². The number of rotatable bonds is 8. The third kappa shape index (κ3) is 5.00. The topological polar surface area (TPSA) is 43.0 Å². The van der Waals surface area contributed by atoms with Crippen molar-refractivity contribution in [3.05, 3.63) is 24.3 Å². The van der Waals surface area contributed by atoms with E-state index < -0.39 is 0 Å². The fourth-order valence-corrected chi connectivity index (χ4v) is 2.16. The van der Waals surface area contributed by atoms with Crippen LogP contribution in [0.5, 0.6) is 5.75 Å². The molecular formula is C15H24N2O3. The largest absolute Gasteiger partial charge is 0.491 e. The van der Waals surface area contributed by atoms with Gasteiger partial charge < -0.3 is 24.4 Å². The first-order valence-corrected chi connectivity index (χ1v) is 7.15. The Bertz CT molecular complexity index is 381. The highest BCUT2D eigenvalue weighted by atomic mass is 16.5. The molecule has 5 nitrogen and oxygen atoms in total. The van der Waals surface area contributed by atoms with Gasteiger partial charge >= 0.3 is 0 Å². The van der Waals surface area contributed by atoms with Crippen molar-refractivity contribution in [2.75, 3.05) is 64.6 Å². The third-order valence-electron chi connectivity index (χ3n) is 3.23. The zero-order chi connectivity index (χ0) is 14.0. The Kier molecular flexibility index (Phi) is 6.63. The van der Waals surface area contributed by atoms with Gasteiger partial charge in [-0.05, 0) is 12.1 Å². The molecule has 0 aliphatic carbocycles. The Labute approximate surface area is 120 Å². The summed E-state index contributed by atoms with van der Waals surface area (Å²) in [4.78, 5) is 2.37. The minimum Gasteiger partial charge on any atom is -0.491 e. The standard InChI is InChI=1S/C15H24N2O3/c1-18-9-10-19-11-12-20-15-4-2-3-14(13-15)17-7-5-16-6-8-17/h2-4,13,16H,5-12H2,1H3. The van der Waals surface area contributed by atoms with E-state index in [4.69, 9.17) is 14.2 Å². The molecule has 0 atom stereocenters. The number of ether oxygens (including phenoxy) is 3.